The van der Waals surface area contributed by atoms with Crippen LogP contribution in [0.3, 0.4) is 0 Å². The third-order valence-corrected chi connectivity index (χ3v) is 5.21. The third-order valence-electron chi connectivity index (χ3n) is 1.59. The molecule has 55 valence electrons. The van der Waals surface area contributed by atoms with E-state index in [0.717, 1.165) is 10.7 Å². The van der Waals surface area contributed by atoms with Crippen LogP contribution in [0.2, 0.25) is 4.94 Å². The minimum absolute atomic E-state index is 0. The zero-order valence-electron chi connectivity index (χ0n) is 5.89. The van der Waals surface area contributed by atoms with Gasteiger partial charge in [0, 0.05) is 0 Å². The average molecular weight is 238 g/mol. The summed E-state index contributed by atoms with van der Waals surface area (Å²) >= 11 is -0.240. The van der Waals surface area contributed by atoms with Crippen LogP contribution in [0, 0.1) is 0 Å². The van der Waals surface area contributed by atoms with Gasteiger partial charge in [0.1, 0.15) is 0 Å². The van der Waals surface area contributed by atoms with Gasteiger partial charge in [0.05, 0.1) is 0 Å². The molecule has 1 rings (SSSR count). The van der Waals surface area contributed by atoms with Gasteiger partial charge in [-0.3, -0.25) is 0 Å². The molecule has 3 heteroatoms. The van der Waals surface area contributed by atoms with Crippen LogP contribution in [-0.4, -0.2) is 37.3 Å². The quantitative estimate of drug-likeness (QED) is 0.600. The Morgan fingerprint density at radius 2 is 2.22 bits per heavy atom. The number of hydrogen-bond donors (Lipinski definition) is 0. The third kappa shape index (κ3) is 3.43. The molecule has 1 aliphatic rings. The summed E-state index contributed by atoms with van der Waals surface area (Å²) in [4.78, 5) is 2.38. The van der Waals surface area contributed by atoms with Gasteiger partial charge >= 0.3 is 60.8 Å². The van der Waals surface area contributed by atoms with Crippen molar-refractivity contribution < 1.29 is 10.2 Å². The van der Waals surface area contributed by atoms with Crippen molar-refractivity contribution in [3.63, 3.8) is 0 Å². The Kier molecular flexibility index (Phi) is 5.94. The first-order valence-electron chi connectivity index (χ1n) is 3.34. The molecule has 9 heavy (non-hydrogen) atoms. The Morgan fingerprint density at radius 3 is 2.56 bits per heavy atom. The maximum absolute atomic E-state index is 5.51. The molecule has 1 atom stereocenters. The Bertz CT molecular complexity index is 62.1. The molecule has 0 aromatic rings. The molecule has 1 unspecified atom stereocenters. The predicted molar refractivity (Wildman–Crippen MR) is 40.2 cm³/mol. The summed E-state index contributed by atoms with van der Waals surface area (Å²) in [7, 11) is 0. The molecule has 2 nitrogen and oxygen atoms in total. The van der Waals surface area contributed by atoms with Crippen molar-refractivity contribution >= 4 is 21.1 Å². The zero-order chi connectivity index (χ0) is 5.82. The molecule has 1 aliphatic heterocycles. The second kappa shape index (κ2) is 5.50. The summed E-state index contributed by atoms with van der Waals surface area (Å²) in [6.07, 6.45) is 4.10. The molecule has 0 amide bonds. The van der Waals surface area contributed by atoms with Crippen molar-refractivity contribution in [2.45, 2.75) is 28.3 Å². The van der Waals surface area contributed by atoms with Gasteiger partial charge in [-0.15, -0.1) is 0 Å². The van der Waals surface area contributed by atoms with Crippen LogP contribution < -0.4 is 0 Å². The van der Waals surface area contributed by atoms with E-state index in [1.165, 1.54) is 19.3 Å². The van der Waals surface area contributed by atoms with Crippen molar-refractivity contribution in [2.75, 3.05) is 6.61 Å². The maximum atomic E-state index is 5.51. The molecule has 0 aliphatic carbocycles. The van der Waals surface area contributed by atoms with Crippen LogP contribution in [0.4, 0.5) is 0 Å². The summed E-state index contributed by atoms with van der Waals surface area (Å²) in [5.74, 6) is 0. The monoisotopic (exact) mass is 239 g/mol. The first-order chi connectivity index (χ1) is 3.93. The molecule has 0 bridgehead atoms. The van der Waals surface area contributed by atoms with E-state index in [4.69, 9.17) is 4.74 Å². The topological polar surface area (TPSA) is 40.7 Å². The fraction of sp³-hybridized carbons (Fsp3) is 1.00. The first kappa shape index (κ1) is 9.72. The summed E-state index contributed by atoms with van der Waals surface area (Å²) in [6, 6.07) is 0. The fourth-order valence-corrected chi connectivity index (χ4v) is 3.59. The summed E-state index contributed by atoms with van der Waals surface area (Å²) < 4.78 is 6.29. The van der Waals surface area contributed by atoms with Crippen molar-refractivity contribution in [3.05, 3.63) is 0 Å². The molecule has 0 spiro atoms. The second-order valence-electron chi connectivity index (χ2n) is 2.24. The molecule has 0 saturated carbocycles. The molecule has 1 saturated heterocycles. The van der Waals surface area contributed by atoms with E-state index in [-0.39, 0.29) is 26.6 Å². The Morgan fingerprint density at radius 1 is 1.44 bits per heavy atom. The Hall–Kier alpha value is 0.719. The summed E-state index contributed by atoms with van der Waals surface area (Å²) in [5.41, 5.74) is 0. The van der Waals surface area contributed by atoms with E-state index in [1.54, 1.807) is 0 Å². The fourth-order valence-electron chi connectivity index (χ4n) is 1.03. The number of hydrogen-bond acceptors (Lipinski definition) is 1. The van der Waals surface area contributed by atoms with Gasteiger partial charge in [-0.2, -0.15) is 0 Å². The van der Waals surface area contributed by atoms with Gasteiger partial charge < -0.3 is 5.48 Å². The van der Waals surface area contributed by atoms with Gasteiger partial charge in [0.25, 0.3) is 0 Å². The molecule has 1 heterocycles. The van der Waals surface area contributed by atoms with Crippen LogP contribution in [-0.2, 0) is 4.74 Å². The van der Waals surface area contributed by atoms with Gasteiger partial charge in [0.15, 0.2) is 0 Å². The molecule has 0 aromatic heterocycles. The predicted octanol–water partition coefficient (Wildman–Crippen LogP) is 0.173. The molecule has 1 radical (unpaired) electrons. The van der Waals surface area contributed by atoms with Crippen LogP contribution in [0.15, 0.2) is 0 Å². The SMILES string of the molecule is O.[CH3][SnH][CH]1CCCCO1. The van der Waals surface area contributed by atoms with E-state index in [0.29, 0.717) is 0 Å². The van der Waals surface area contributed by atoms with Crippen molar-refractivity contribution in [1.82, 2.24) is 0 Å². The van der Waals surface area contributed by atoms with Crippen LogP contribution in [0.5, 0.6) is 0 Å². The number of rotatable bonds is 1. The van der Waals surface area contributed by atoms with E-state index < -0.39 is 0 Å². The minimum atomic E-state index is -0.240. The van der Waals surface area contributed by atoms with Gasteiger partial charge in [0.2, 0.25) is 0 Å². The summed E-state index contributed by atoms with van der Waals surface area (Å²) in [5, 5.41) is 0. The molecular formula is C6H15O2Sn. The molecule has 1 fully saturated rings. The number of ether oxygens (including phenoxy) is 1. The van der Waals surface area contributed by atoms with Crippen molar-refractivity contribution in [2.24, 2.45) is 0 Å². The molecule has 0 aromatic carbocycles. The van der Waals surface area contributed by atoms with Crippen LogP contribution >= 0.6 is 0 Å². The standard InChI is InChI=1S/C5H9O.CH3.H2O.Sn.H/c1-2-4-6-5-3-1;;;;/h4H,1-3,5H2;1H3;1H2;;. The zero-order valence-corrected chi connectivity index (χ0v) is 9.19. The Balaban J connectivity index is 0.000000640. The van der Waals surface area contributed by atoms with Crippen LogP contribution in [0.25, 0.3) is 0 Å². The van der Waals surface area contributed by atoms with E-state index in [2.05, 4.69) is 4.94 Å². The van der Waals surface area contributed by atoms with E-state index >= 15 is 0 Å². The van der Waals surface area contributed by atoms with Crippen LogP contribution in [0.1, 0.15) is 19.3 Å². The summed E-state index contributed by atoms with van der Waals surface area (Å²) in [6.45, 7) is 1.05. The van der Waals surface area contributed by atoms with E-state index in [9.17, 15) is 0 Å². The second-order valence-corrected chi connectivity index (χ2v) is 6.26. The normalized spacial score (nSPS) is 27.0. The van der Waals surface area contributed by atoms with Gasteiger partial charge in [-0.25, -0.2) is 0 Å². The molecule has 2 N–H and O–H groups in total. The first-order valence-corrected chi connectivity index (χ1v) is 8.54. The van der Waals surface area contributed by atoms with Gasteiger partial charge in [-0.05, 0) is 0 Å². The Labute approximate surface area is 66.5 Å². The van der Waals surface area contributed by atoms with Crippen molar-refractivity contribution in [3.8, 4) is 0 Å². The van der Waals surface area contributed by atoms with Gasteiger partial charge in [-0.1, -0.05) is 0 Å². The molecular weight excluding hydrogens is 223 g/mol. The van der Waals surface area contributed by atoms with Crippen molar-refractivity contribution in [1.29, 1.82) is 0 Å². The average Bonchev–Trinajstić information content (AvgIpc) is 1.90. The van der Waals surface area contributed by atoms with E-state index in [1.807, 2.05) is 0 Å².